The number of hydrogen-bond donors (Lipinski definition) is 2. The minimum atomic E-state index is -3.28. The maximum atomic E-state index is 11.5. The molecule has 2 aromatic rings. The summed E-state index contributed by atoms with van der Waals surface area (Å²) in [6, 6.07) is 15.3. The molecule has 2 fully saturated rings. The molecule has 2 unspecified atom stereocenters. The van der Waals surface area contributed by atoms with Crippen molar-refractivity contribution in [3.05, 3.63) is 59.7 Å². The minimum Gasteiger partial charge on any atom is -0.302 e. The van der Waals surface area contributed by atoms with Crippen LogP contribution in [0, 0.1) is 11.8 Å². The normalized spacial score (nSPS) is 25.8. The molecule has 1 heterocycles. The third-order valence-corrected chi connectivity index (χ3v) is 7.80. The van der Waals surface area contributed by atoms with E-state index in [1.54, 1.807) is 18.2 Å². The van der Waals surface area contributed by atoms with E-state index in [-0.39, 0.29) is 5.41 Å². The Balaban J connectivity index is 1.32. The number of sulfonamides is 2. The van der Waals surface area contributed by atoms with Crippen molar-refractivity contribution in [2.24, 2.45) is 11.8 Å². The molecule has 2 aliphatic rings. The molecule has 9 heteroatoms. The van der Waals surface area contributed by atoms with Gasteiger partial charge in [0, 0.05) is 36.4 Å². The molecule has 31 heavy (non-hydrogen) atoms. The number of nitrogens with zero attached hydrogens (tertiary/aromatic N) is 1. The third-order valence-electron chi connectivity index (χ3n) is 6.59. The van der Waals surface area contributed by atoms with Crippen LogP contribution in [0.2, 0.25) is 0 Å². The quantitative estimate of drug-likeness (QED) is 0.627. The monoisotopic (exact) mass is 463 g/mol. The van der Waals surface area contributed by atoms with Crippen molar-refractivity contribution in [2.45, 2.75) is 18.8 Å². The van der Waals surface area contributed by atoms with Gasteiger partial charge in [-0.25, -0.2) is 16.8 Å². The molecule has 0 radical (unpaired) electrons. The topological polar surface area (TPSA) is 95.6 Å². The number of likely N-dealkylation sites (tertiary alicyclic amines) is 1. The number of piperidine rings is 1. The highest BCUT2D eigenvalue weighted by molar-refractivity contribution is 7.92. The van der Waals surface area contributed by atoms with Crippen LogP contribution in [-0.2, 0) is 31.9 Å². The maximum Gasteiger partial charge on any atom is 0.229 e. The van der Waals surface area contributed by atoms with Crippen molar-refractivity contribution in [3.8, 4) is 0 Å². The van der Waals surface area contributed by atoms with Gasteiger partial charge in [0.05, 0.1) is 12.5 Å². The van der Waals surface area contributed by atoms with E-state index in [2.05, 4.69) is 27.3 Å². The van der Waals surface area contributed by atoms with Crippen LogP contribution in [-0.4, -0.2) is 53.9 Å². The summed E-state index contributed by atoms with van der Waals surface area (Å²) in [5, 5.41) is 0. The molecule has 1 aliphatic heterocycles. The molecule has 4 rings (SSSR count). The minimum absolute atomic E-state index is 0.102. The highest BCUT2D eigenvalue weighted by Crippen LogP contribution is 2.63. The Morgan fingerprint density at radius 1 is 0.903 bits per heavy atom. The summed E-state index contributed by atoms with van der Waals surface area (Å²) in [5.41, 5.74) is 3.69. The van der Waals surface area contributed by atoms with E-state index in [0.29, 0.717) is 23.2 Å². The second kappa shape index (κ2) is 7.79. The maximum absolute atomic E-state index is 11.5. The summed E-state index contributed by atoms with van der Waals surface area (Å²) in [6.45, 7) is 5.33. The van der Waals surface area contributed by atoms with Crippen LogP contribution in [0.3, 0.4) is 0 Å². The van der Waals surface area contributed by atoms with Gasteiger partial charge in [0.25, 0.3) is 0 Å². The van der Waals surface area contributed by atoms with Gasteiger partial charge in [0.15, 0.2) is 0 Å². The third kappa shape index (κ3) is 5.05. The zero-order valence-corrected chi connectivity index (χ0v) is 19.6. The lowest BCUT2D eigenvalue weighted by Crippen LogP contribution is -2.30. The first kappa shape index (κ1) is 22.1. The zero-order chi connectivity index (χ0) is 22.4. The molecule has 0 bridgehead atoms. The second-order valence-electron chi connectivity index (χ2n) is 9.03. The van der Waals surface area contributed by atoms with Crippen molar-refractivity contribution in [2.75, 3.05) is 41.6 Å². The van der Waals surface area contributed by atoms with E-state index in [0.717, 1.165) is 32.3 Å². The van der Waals surface area contributed by atoms with Crippen LogP contribution in [0.25, 0.3) is 0 Å². The van der Waals surface area contributed by atoms with E-state index >= 15 is 0 Å². The largest absolute Gasteiger partial charge is 0.302 e. The van der Waals surface area contributed by atoms with Gasteiger partial charge in [-0.1, -0.05) is 31.2 Å². The Labute approximate surface area is 185 Å². The molecule has 0 aromatic heterocycles. The van der Waals surface area contributed by atoms with Crippen LogP contribution in [0.5, 0.6) is 0 Å². The fourth-order valence-electron chi connectivity index (χ4n) is 4.95. The van der Waals surface area contributed by atoms with Gasteiger partial charge in [0.2, 0.25) is 20.0 Å². The van der Waals surface area contributed by atoms with Crippen molar-refractivity contribution in [1.29, 1.82) is 0 Å². The number of rotatable bonds is 8. The van der Waals surface area contributed by atoms with E-state index < -0.39 is 20.0 Å². The standard InChI is InChI=1S/C22H29N3O4S2/c1-22(17-5-4-6-19(13-17)24-31(3,28)29)20-14-25(15-21(20)22)12-11-16-7-9-18(10-8-16)23-30(2,26)27/h4-10,13,20-21,23-24H,11-12,14-15H2,1-3H3. The molecular weight excluding hydrogens is 434 g/mol. The molecule has 1 saturated carbocycles. The summed E-state index contributed by atoms with van der Waals surface area (Å²) in [6.07, 6.45) is 3.23. The second-order valence-corrected chi connectivity index (χ2v) is 12.5. The highest BCUT2D eigenvalue weighted by atomic mass is 32.2. The van der Waals surface area contributed by atoms with E-state index in [1.807, 2.05) is 24.3 Å². The first-order chi connectivity index (χ1) is 14.4. The predicted octanol–water partition coefficient (Wildman–Crippen LogP) is 2.49. The lowest BCUT2D eigenvalue weighted by molar-refractivity contribution is 0.281. The van der Waals surface area contributed by atoms with Gasteiger partial charge in [-0.15, -0.1) is 0 Å². The molecule has 0 spiro atoms. The van der Waals surface area contributed by atoms with Crippen LogP contribution in [0.1, 0.15) is 18.1 Å². The average molecular weight is 464 g/mol. The summed E-state index contributed by atoms with van der Waals surface area (Å²) >= 11 is 0. The van der Waals surface area contributed by atoms with Gasteiger partial charge in [-0.3, -0.25) is 9.44 Å². The van der Waals surface area contributed by atoms with Gasteiger partial charge in [-0.05, 0) is 53.6 Å². The lowest BCUT2D eigenvalue weighted by atomic mass is 9.92. The predicted molar refractivity (Wildman–Crippen MR) is 124 cm³/mol. The first-order valence-corrected chi connectivity index (χ1v) is 14.1. The molecule has 2 atom stereocenters. The smallest absolute Gasteiger partial charge is 0.229 e. The summed E-state index contributed by atoms with van der Waals surface area (Å²) < 4.78 is 50.7. The number of fused-ring (bicyclic) bond motifs is 1. The van der Waals surface area contributed by atoms with Crippen LogP contribution in [0.4, 0.5) is 11.4 Å². The van der Waals surface area contributed by atoms with E-state index in [9.17, 15) is 16.8 Å². The Hall–Kier alpha value is -2.10. The van der Waals surface area contributed by atoms with Gasteiger partial charge >= 0.3 is 0 Å². The molecule has 0 amide bonds. The summed E-state index contributed by atoms with van der Waals surface area (Å²) in [7, 11) is -6.54. The molecule has 7 nitrogen and oxygen atoms in total. The number of anilines is 2. The molecular formula is C22H29N3O4S2. The number of hydrogen-bond acceptors (Lipinski definition) is 5. The fourth-order valence-corrected chi connectivity index (χ4v) is 6.07. The van der Waals surface area contributed by atoms with Crippen LogP contribution in [0.15, 0.2) is 48.5 Å². The Kier molecular flexibility index (Phi) is 5.56. The number of nitrogens with one attached hydrogen (secondary N) is 2. The van der Waals surface area contributed by atoms with Crippen molar-refractivity contribution in [1.82, 2.24) is 4.90 Å². The van der Waals surface area contributed by atoms with Crippen LogP contribution >= 0.6 is 0 Å². The highest BCUT2D eigenvalue weighted by Gasteiger charge is 2.65. The SMILES string of the molecule is CC1(c2cccc(NS(C)(=O)=O)c2)C2CN(CCc3ccc(NS(C)(=O)=O)cc3)CC21. The molecule has 168 valence electrons. The first-order valence-electron chi connectivity index (χ1n) is 10.3. The Morgan fingerprint density at radius 2 is 1.48 bits per heavy atom. The zero-order valence-electron chi connectivity index (χ0n) is 18.0. The van der Waals surface area contributed by atoms with Gasteiger partial charge < -0.3 is 4.90 Å². The van der Waals surface area contributed by atoms with Gasteiger partial charge in [-0.2, -0.15) is 0 Å². The van der Waals surface area contributed by atoms with Gasteiger partial charge in [0.1, 0.15) is 0 Å². The average Bonchev–Trinajstić information content (AvgIpc) is 3.00. The van der Waals surface area contributed by atoms with Crippen LogP contribution < -0.4 is 9.44 Å². The molecule has 1 aliphatic carbocycles. The molecule has 2 aromatic carbocycles. The van der Waals surface area contributed by atoms with E-state index in [1.165, 1.54) is 17.4 Å². The lowest BCUT2D eigenvalue weighted by Gasteiger charge is -2.25. The Morgan fingerprint density at radius 3 is 2.06 bits per heavy atom. The van der Waals surface area contributed by atoms with Crippen molar-refractivity contribution < 1.29 is 16.8 Å². The Bertz CT molecular complexity index is 1170. The summed E-state index contributed by atoms with van der Waals surface area (Å²) in [5.74, 6) is 1.17. The summed E-state index contributed by atoms with van der Waals surface area (Å²) in [4.78, 5) is 2.48. The van der Waals surface area contributed by atoms with E-state index in [4.69, 9.17) is 0 Å². The van der Waals surface area contributed by atoms with Crippen molar-refractivity contribution >= 4 is 31.4 Å². The fraction of sp³-hybridized carbons (Fsp3) is 0.455. The number of benzene rings is 2. The van der Waals surface area contributed by atoms with Crippen molar-refractivity contribution in [3.63, 3.8) is 0 Å². The molecule has 2 N–H and O–H groups in total. The molecule has 1 saturated heterocycles.